The van der Waals surface area contributed by atoms with Gasteiger partial charge in [0, 0.05) is 31.3 Å². The number of carbonyl (C=O) groups is 1. The molecular weight excluding hydrogens is 300 g/mol. The summed E-state index contributed by atoms with van der Waals surface area (Å²) in [6.45, 7) is 1.61. The second-order valence-corrected chi connectivity index (χ2v) is 5.51. The third-order valence-electron chi connectivity index (χ3n) is 3.95. The van der Waals surface area contributed by atoms with Gasteiger partial charge in [-0.1, -0.05) is 0 Å². The minimum Gasteiger partial charge on any atom is -0.497 e. The number of hydrogen-bond donors (Lipinski definition) is 2. The zero-order chi connectivity index (χ0) is 16.4. The number of ether oxygens (including phenoxy) is 2. The summed E-state index contributed by atoms with van der Waals surface area (Å²) in [6, 6.07) is 7.32. The summed E-state index contributed by atoms with van der Waals surface area (Å²) in [5.41, 5.74) is 1.14. The highest BCUT2D eigenvalue weighted by Gasteiger charge is 2.26. The Bertz CT molecular complexity index is 786. The number of benzene rings is 1. The molecular formula is C16H18N2O5. The highest BCUT2D eigenvalue weighted by molar-refractivity contribution is 5.80. The third-order valence-corrected chi connectivity index (χ3v) is 3.95. The molecule has 122 valence electrons. The Kier molecular flexibility index (Phi) is 4.31. The molecule has 0 radical (unpaired) electrons. The molecule has 1 aliphatic heterocycles. The summed E-state index contributed by atoms with van der Waals surface area (Å²) < 4.78 is 10.3. The number of nitrogens with zero attached hydrogens (tertiary/aromatic N) is 1. The molecule has 1 aromatic heterocycles. The Balaban J connectivity index is 1.84. The molecule has 1 saturated heterocycles. The van der Waals surface area contributed by atoms with E-state index in [2.05, 4.69) is 4.98 Å². The Hall–Kier alpha value is -2.38. The molecule has 2 N–H and O–H groups in total. The highest BCUT2D eigenvalue weighted by atomic mass is 16.5. The first-order valence-electron chi connectivity index (χ1n) is 7.33. The number of rotatable bonds is 4. The van der Waals surface area contributed by atoms with Crippen molar-refractivity contribution in [1.82, 2.24) is 9.88 Å². The summed E-state index contributed by atoms with van der Waals surface area (Å²) >= 11 is 0. The van der Waals surface area contributed by atoms with Crippen molar-refractivity contribution in [3.63, 3.8) is 0 Å². The van der Waals surface area contributed by atoms with Gasteiger partial charge in [-0.05, 0) is 23.6 Å². The van der Waals surface area contributed by atoms with Crippen molar-refractivity contribution < 1.29 is 19.4 Å². The first kappa shape index (κ1) is 15.5. The number of aromatic nitrogens is 1. The predicted octanol–water partition coefficient (Wildman–Crippen LogP) is 0.822. The number of carboxylic acids is 1. The second kappa shape index (κ2) is 6.39. The van der Waals surface area contributed by atoms with Crippen LogP contribution >= 0.6 is 0 Å². The smallest absolute Gasteiger partial charge is 0.334 e. The summed E-state index contributed by atoms with van der Waals surface area (Å²) in [4.78, 5) is 28.0. The van der Waals surface area contributed by atoms with Gasteiger partial charge in [0.05, 0.1) is 19.2 Å². The van der Waals surface area contributed by atoms with Gasteiger partial charge in [0.2, 0.25) is 0 Å². The van der Waals surface area contributed by atoms with Crippen LogP contribution in [0, 0.1) is 0 Å². The van der Waals surface area contributed by atoms with Crippen LogP contribution < -0.4 is 10.3 Å². The van der Waals surface area contributed by atoms with Crippen LogP contribution in [-0.2, 0) is 16.1 Å². The van der Waals surface area contributed by atoms with Gasteiger partial charge in [-0.2, -0.15) is 0 Å². The Labute approximate surface area is 132 Å². The quantitative estimate of drug-likeness (QED) is 0.867. The van der Waals surface area contributed by atoms with Crippen LogP contribution in [0.3, 0.4) is 0 Å². The lowest BCUT2D eigenvalue weighted by molar-refractivity contribution is -0.156. The molecule has 2 aromatic rings. The zero-order valence-electron chi connectivity index (χ0n) is 12.7. The highest BCUT2D eigenvalue weighted by Crippen LogP contribution is 2.19. The van der Waals surface area contributed by atoms with Gasteiger partial charge < -0.3 is 19.6 Å². The van der Waals surface area contributed by atoms with Gasteiger partial charge >= 0.3 is 5.97 Å². The molecule has 0 aliphatic carbocycles. The predicted molar refractivity (Wildman–Crippen MR) is 83.8 cm³/mol. The lowest BCUT2D eigenvalue weighted by Crippen LogP contribution is -2.46. The topological polar surface area (TPSA) is 91.9 Å². The third kappa shape index (κ3) is 3.35. The van der Waals surface area contributed by atoms with E-state index >= 15 is 0 Å². The maximum Gasteiger partial charge on any atom is 0.334 e. The molecule has 1 aliphatic rings. The number of methoxy groups -OCH3 is 1. The van der Waals surface area contributed by atoms with Crippen LogP contribution in [0.1, 0.15) is 5.56 Å². The van der Waals surface area contributed by atoms with Gasteiger partial charge in [-0.3, -0.25) is 9.69 Å². The fourth-order valence-corrected chi connectivity index (χ4v) is 2.71. The SMILES string of the molecule is COc1ccc2cc(CN3CCO[C@H](C(=O)O)C3)c(=O)[nH]c2c1. The van der Waals surface area contributed by atoms with E-state index in [1.54, 1.807) is 13.2 Å². The van der Waals surface area contributed by atoms with Crippen LogP contribution in [0.2, 0.25) is 0 Å². The van der Waals surface area contributed by atoms with E-state index in [1.807, 2.05) is 23.1 Å². The van der Waals surface area contributed by atoms with E-state index in [0.717, 1.165) is 5.39 Å². The van der Waals surface area contributed by atoms with E-state index in [-0.39, 0.29) is 12.1 Å². The molecule has 1 fully saturated rings. The van der Waals surface area contributed by atoms with Crippen molar-refractivity contribution in [2.24, 2.45) is 0 Å². The summed E-state index contributed by atoms with van der Waals surface area (Å²) in [6.07, 6.45) is -0.840. The number of nitrogens with one attached hydrogen (secondary N) is 1. The zero-order valence-corrected chi connectivity index (χ0v) is 12.7. The monoisotopic (exact) mass is 318 g/mol. The lowest BCUT2D eigenvalue weighted by Gasteiger charge is -2.30. The molecule has 7 nitrogen and oxygen atoms in total. The molecule has 7 heteroatoms. The normalized spacial score (nSPS) is 18.9. The summed E-state index contributed by atoms with van der Waals surface area (Å²) in [5.74, 6) is -0.299. The van der Waals surface area contributed by atoms with Gasteiger partial charge in [-0.25, -0.2) is 4.79 Å². The fraction of sp³-hybridized carbons (Fsp3) is 0.375. The van der Waals surface area contributed by atoms with Crippen molar-refractivity contribution in [2.45, 2.75) is 12.6 Å². The van der Waals surface area contributed by atoms with E-state index in [1.165, 1.54) is 0 Å². The van der Waals surface area contributed by atoms with Crippen LogP contribution in [0.4, 0.5) is 0 Å². The van der Waals surface area contributed by atoms with Crippen LogP contribution in [0.5, 0.6) is 5.75 Å². The van der Waals surface area contributed by atoms with E-state index in [4.69, 9.17) is 14.6 Å². The molecule has 0 unspecified atom stereocenters. The first-order chi connectivity index (χ1) is 11.1. The maximum atomic E-state index is 12.3. The number of carboxylic acid groups (broad SMARTS) is 1. The molecule has 0 amide bonds. The number of fused-ring (bicyclic) bond motifs is 1. The molecule has 1 atom stereocenters. The average Bonchev–Trinajstić information content (AvgIpc) is 2.55. The molecule has 0 bridgehead atoms. The Morgan fingerprint density at radius 3 is 3.04 bits per heavy atom. The van der Waals surface area contributed by atoms with Crippen molar-refractivity contribution in [2.75, 3.05) is 26.8 Å². The average molecular weight is 318 g/mol. The van der Waals surface area contributed by atoms with Crippen molar-refractivity contribution in [3.8, 4) is 5.75 Å². The van der Waals surface area contributed by atoms with Crippen LogP contribution in [0.15, 0.2) is 29.1 Å². The Morgan fingerprint density at radius 2 is 2.30 bits per heavy atom. The number of aromatic amines is 1. The molecule has 23 heavy (non-hydrogen) atoms. The van der Waals surface area contributed by atoms with Crippen molar-refractivity contribution >= 4 is 16.9 Å². The molecule has 2 heterocycles. The molecule has 0 spiro atoms. The number of pyridine rings is 1. The number of aliphatic carboxylic acids is 1. The fourth-order valence-electron chi connectivity index (χ4n) is 2.71. The minimum atomic E-state index is -0.978. The maximum absolute atomic E-state index is 12.3. The van der Waals surface area contributed by atoms with Crippen molar-refractivity contribution in [1.29, 1.82) is 0 Å². The standard InChI is InChI=1S/C16H18N2O5/c1-22-12-3-2-10-6-11(15(19)17-13(10)7-12)8-18-4-5-23-14(9-18)16(20)21/h2-3,6-7,14H,4-5,8-9H2,1H3,(H,17,19)(H,20,21)/t14-/m0/s1. The Morgan fingerprint density at radius 1 is 1.48 bits per heavy atom. The van der Waals surface area contributed by atoms with E-state index < -0.39 is 12.1 Å². The number of hydrogen-bond acceptors (Lipinski definition) is 5. The minimum absolute atomic E-state index is 0.177. The largest absolute Gasteiger partial charge is 0.497 e. The molecule has 1 aromatic carbocycles. The van der Waals surface area contributed by atoms with E-state index in [0.29, 0.717) is 36.5 Å². The number of H-pyrrole nitrogens is 1. The van der Waals surface area contributed by atoms with Gasteiger partial charge in [0.25, 0.3) is 5.56 Å². The summed E-state index contributed by atoms with van der Waals surface area (Å²) in [7, 11) is 1.57. The molecule has 0 saturated carbocycles. The van der Waals surface area contributed by atoms with Crippen LogP contribution in [0.25, 0.3) is 10.9 Å². The van der Waals surface area contributed by atoms with Crippen molar-refractivity contribution in [3.05, 3.63) is 40.2 Å². The molecule has 3 rings (SSSR count). The second-order valence-electron chi connectivity index (χ2n) is 5.51. The number of morpholine rings is 1. The van der Waals surface area contributed by atoms with Gasteiger partial charge in [0.15, 0.2) is 6.10 Å². The van der Waals surface area contributed by atoms with Gasteiger partial charge in [-0.15, -0.1) is 0 Å². The summed E-state index contributed by atoms with van der Waals surface area (Å²) in [5, 5.41) is 9.94. The van der Waals surface area contributed by atoms with Crippen LogP contribution in [-0.4, -0.2) is 53.9 Å². The van der Waals surface area contributed by atoms with E-state index in [9.17, 15) is 9.59 Å². The van der Waals surface area contributed by atoms with Gasteiger partial charge in [0.1, 0.15) is 5.75 Å². The first-order valence-corrected chi connectivity index (χ1v) is 7.33. The lowest BCUT2D eigenvalue weighted by atomic mass is 10.1.